The Bertz CT molecular complexity index is 910. The molecule has 0 bridgehead atoms. The van der Waals surface area contributed by atoms with Gasteiger partial charge in [0, 0.05) is 14.2 Å². The summed E-state index contributed by atoms with van der Waals surface area (Å²) in [5.41, 5.74) is 2.95. The van der Waals surface area contributed by atoms with Gasteiger partial charge in [0.15, 0.2) is 3.23 Å². The number of halogens is 2. The molecule has 2 nitrogen and oxygen atoms in total. The Hall–Kier alpha value is 0.1000. The topological polar surface area (TPSA) is 18.5 Å². The van der Waals surface area contributed by atoms with Gasteiger partial charge in [-0.15, -0.1) is 0 Å². The third-order valence-electron chi connectivity index (χ3n) is 12.4. The highest BCUT2D eigenvalue weighted by Gasteiger charge is 2.51. The van der Waals surface area contributed by atoms with Crippen molar-refractivity contribution in [3.8, 4) is 0 Å². The highest BCUT2D eigenvalue weighted by molar-refractivity contribution is 9.25. The van der Waals surface area contributed by atoms with Gasteiger partial charge >= 0.3 is 0 Å². The summed E-state index contributed by atoms with van der Waals surface area (Å²) in [6, 6.07) is 0. The molecule has 0 radical (unpaired) electrons. The van der Waals surface area contributed by atoms with Crippen molar-refractivity contribution in [2.24, 2.45) is 5.41 Å². The molecule has 0 aromatic carbocycles. The zero-order valence-electron chi connectivity index (χ0n) is 35.1. The number of alkyl halides is 2. The van der Waals surface area contributed by atoms with Crippen molar-refractivity contribution in [2.45, 2.75) is 248 Å². The molecule has 0 amide bonds. The first-order valence-corrected chi connectivity index (χ1v) is 24.6. The van der Waals surface area contributed by atoms with E-state index in [0.717, 1.165) is 6.42 Å². The molecule has 0 saturated carbocycles. The summed E-state index contributed by atoms with van der Waals surface area (Å²) in [7, 11) is 3.45. The van der Waals surface area contributed by atoms with Gasteiger partial charge in [-0.1, -0.05) is 263 Å². The summed E-state index contributed by atoms with van der Waals surface area (Å²) in [6.45, 7) is 4.61. The van der Waals surface area contributed by atoms with Crippen molar-refractivity contribution in [3.63, 3.8) is 0 Å². The fraction of sp³-hybridized carbons (Fsp3) is 0.875. The van der Waals surface area contributed by atoms with Crippen molar-refractivity contribution in [1.82, 2.24) is 0 Å². The van der Waals surface area contributed by atoms with Gasteiger partial charge in [0.1, 0.15) is 0 Å². The van der Waals surface area contributed by atoms with E-state index in [1.54, 1.807) is 14.2 Å². The maximum Gasteiger partial charge on any atom is 0.217 e. The highest BCUT2D eigenvalue weighted by atomic mass is 79.9. The Morgan fingerprint density at radius 2 is 0.769 bits per heavy atom. The molecule has 2 aliphatic carbocycles. The summed E-state index contributed by atoms with van der Waals surface area (Å²) in [5.74, 6) is -0.863. The van der Waals surface area contributed by atoms with E-state index in [1.807, 2.05) is 0 Å². The van der Waals surface area contributed by atoms with E-state index in [2.05, 4.69) is 70.0 Å². The number of hydrogen-bond donors (Lipinski definition) is 0. The van der Waals surface area contributed by atoms with E-state index < -0.39 is 9.02 Å². The van der Waals surface area contributed by atoms with Crippen molar-refractivity contribution in [1.29, 1.82) is 0 Å². The van der Waals surface area contributed by atoms with Crippen LogP contribution < -0.4 is 0 Å². The molecule has 0 atom stereocenters. The molecule has 0 saturated heterocycles. The second kappa shape index (κ2) is 30.3. The fourth-order valence-corrected chi connectivity index (χ4v) is 10.2. The second-order valence-corrected chi connectivity index (χ2v) is 20.5. The molecule has 0 N–H and O–H groups in total. The number of allylic oxidation sites excluding steroid dienone is 4. The Labute approximate surface area is 342 Å². The molecule has 2 aliphatic rings. The Balaban J connectivity index is 1.69. The quantitative estimate of drug-likeness (QED) is 0.0355. The van der Waals surface area contributed by atoms with Crippen LogP contribution in [0.25, 0.3) is 0 Å². The molecular formula is C48H86Br2O2. The van der Waals surface area contributed by atoms with Crippen LogP contribution >= 0.6 is 31.9 Å². The lowest BCUT2D eigenvalue weighted by molar-refractivity contribution is -0.168. The van der Waals surface area contributed by atoms with Crippen LogP contribution in [0.3, 0.4) is 0 Å². The van der Waals surface area contributed by atoms with Crippen LogP contribution in [0.1, 0.15) is 239 Å². The van der Waals surface area contributed by atoms with E-state index in [0.29, 0.717) is 0 Å². The minimum absolute atomic E-state index is 0.269. The average molecular weight is 855 g/mol. The van der Waals surface area contributed by atoms with Gasteiger partial charge in [0.2, 0.25) is 5.79 Å². The second-order valence-electron chi connectivity index (χ2n) is 16.9. The summed E-state index contributed by atoms with van der Waals surface area (Å²) in [5, 5.41) is 0. The summed E-state index contributed by atoms with van der Waals surface area (Å²) in [4.78, 5) is 0. The van der Waals surface area contributed by atoms with E-state index in [4.69, 9.17) is 9.47 Å². The van der Waals surface area contributed by atoms with Crippen molar-refractivity contribution in [2.75, 3.05) is 14.2 Å². The summed E-state index contributed by atoms with van der Waals surface area (Å²) in [6.07, 6.45) is 58.9. The zero-order valence-corrected chi connectivity index (χ0v) is 38.3. The number of unbranched alkanes of at least 4 members (excludes halogenated alkanes) is 30. The molecule has 0 aromatic heterocycles. The Kier molecular flexibility index (Phi) is 28.1. The Morgan fingerprint density at radius 3 is 1.08 bits per heavy atom. The van der Waals surface area contributed by atoms with Crippen LogP contribution in [0.15, 0.2) is 35.5 Å². The monoisotopic (exact) mass is 852 g/mol. The third-order valence-corrected chi connectivity index (χ3v) is 13.9. The standard InChI is InChI=1S/C48H86Br2O2/c1-5-7-9-11-13-15-17-19-21-23-25-27-29-31-33-35-38-46(40-37-44-43-48(51-3,52-4)47(49,50)42-45(44)41-46)39-36-34-32-30-28-26-24-22-20-18-16-14-12-10-8-6-2/h37,40,42-43H,5-36,38-39,41H2,1-4H3. The van der Waals surface area contributed by atoms with Gasteiger partial charge < -0.3 is 9.47 Å². The first-order valence-electron chi connectivity index (χ1n) is 23.0. The molecule has 0 aliphatic heterocycles. The first-order chi connectivity index (χ1) is 25.4. The lowest BCUT2D eigenvalue weighted by Crippen LogP contribution is -2.49. The molecule has 4 heteroatoms. The van der Waals surface area contributed by atoms with Gasteiger partial charge in [-0.25, -0.2) is 0 Å². The SMILES string of the molecule is CCCCCCCCCCCCCCCCCCC1(CCCCCCCCCCCCCCCCCC)C=CC2=CC(OC)(OC)C(Br)(Br)C=C2C1. The molecule has 304 valence electrons. The molecule has 52 heavy (non-hydrogen) atoms. The van der Waals surface area contributed by atoms with E-state index in [9.17, 15) is 0 Å². The molecule has 0 fully saturated rings. The molecule has 2 rings (SSSR count). The lowest BCUT2D eigenvalue weighted by Gasteiger charge is -2.44. The highest BCUT2D eigenvalue weighted by Crippen LogP contribution is 2.53. The molecule has 0 unspecified atom stereocenters. The number of hydrogen-bond acceptors (Lipinski definition) is 2. The summed E-state index contributed by atoms with van der Waals surface area (Å²) >= 11 is 7.81. The molecule has 0 heterocycles. The predicted molar refractivity (Wildman–Crippen MR) is 238 cm³/mol. The van der Waals surface area contributed by atoms with E-state index in [-0.39, 0.29) is 5.41 Å². The van der Waals surface area contributed by atoms with Crippen LogP contribution in [-0.4, -0.2) is 23.2 Å². The smallest absolute Gasteiger partial charge is 0.217 e. The van der Waals surface area contributed by atoms with Crippen LogP contribution in [0, 0.1) is 5.41 Å². The fourth-order valence-electron chi connectivity index (χ4n) is 8.80. The minimum Gasteiger partial charge on any atom is -0.348 e. The average Bonchev–Trinajstić information content (AvgIpc) is 3.14. The molecule has 0 aromatic rings. The van der Waals surface area contributed by atoms with Gasteiger partial charge in [-0.2, -0.15) is 0 Å². The zero-order chi connectivity index (χ0) is 37.6. The lowest BCUT2D eigenvalue weighted by atomic mass is 9.68. The minimum atomic E-state index is -0.863. The summed E-state index contributed by atoms with van der Waals surface area (Å²) < 4.78 is 11.2. The van der Waals surface area contributed by atoms with E-state index >= 15 is 0 Å². The largest absolute Gasteiger partial charge is 0.348 e. The predicted octanol–water partition coefficient (Wildman–Crippen LogP) is 17.6. The number of ether oxygens (including phenoxy) is 2. The normalized spacial score (nSPS) is 17.3. The number of fused-ring (bicyclic) bond motifs is 1. The first kappa shape index (κ1) is 48.2. The van der Waals surface area contributed by atoms with Gasteiger partial charge in [0.05, 0.1) is 0 Å². The van der Waals surface area contributed by atoms with Crippen LogP contribution in [0.2, 0.25) is 0 Å². The molecule has 0 spiro atoms. The van der Waals surface area contributed by atoms with Gasteiger partial charge in [-0.05, 0) is 48.0 Å². The van der Waals surface area contributed by atoms with Crippen molar-refractivity contribution < 1.29 is 9.47 Å². The van der Waals surface area contributed by atoms with Crippen molar-refractivity contribution >= 4 is 31.9 Å². The van der Waals surface area contributed by atoms with Crippen LogP contribution in [0.5, 0.6) is 0 Å². The van der Waals surface area contributed by atoms with Gasteiger partial charge in [0.25, 0.3) is 0 Å². The number of rotatable bonds is 36. The van der Waals surface area contributed by atoms with Crippen molar-refractivity contribution in [3.05, 3.63) is 35.5 Å². The van der Waals surface area contributed by atoms with Crippen LogP contribution in [-0.2, 0) is 9.47 Å². The maximum absolute atomic E-state index is 5.90. The van der Waals surface area contributed by atoms with E-state index in [1.165, 1.54) is 229 Å². The van der Waals surface area contributed by atoms with Crippen LogP contribution in [0.4, 0.5) is 0 Å². The Morgan fingerprint density at radius 1 is 0.462 bits per heavy atom. The third kappa shape index (κ3) is 19.8. The number of methoxy groups -OCH3 is 2. The maximum atomic E-state index is 5.90. The van der Waals surface area contributed by atoms with Gasteiger partial charge in [-0.3, -0.25) is 0 Å². The molecular weight excluding hydrogens is 768 g/mol.